The van der Waals surface area contributed by atoms with Crippen molar-refractivity contribution in [3.8, 4) is 22.8 Å². The summed E-state index contributed by atoms with van der Waals surface area (Å²) in [5, 5.41) is 22.4. The number of amides is 2. The maximum absolute atomic E-state index is 13.8. The predicted molar refractivity (Wildman–Crippen MR) is 152 cm³/mol. The summed E-state index contributed by atoms with van der Waals surface area (Å²) in [7, 11) is 1.35. The van der Waals surface area contributed by atoms with Crippen molar-refractivity contribution in [2.24, 2.45) is 11.7 Å². The van der Waals surface area contributed by atoms with Crippen LogP contribution in [0.2, 0.25) is 0 Å². The van der Waals surface area contributed by atoms with E-state index in [-0.39, 0.29) is 47.0 Å². The fraction of sp³-hybridized carbons (Fsp3) is 0.323. The molecular weight excluding hydrogens is 579 g/mol. The summed E-state index contributed by atoms with van der Waals surface area (Å²) in [5.41, 5.74) is 4.02. The van der Waals surface area contributed by atoms with E-state index in [1.54, 1.807) is 13.0 Å². The van der Waals surface area contributed by atoms with Gasteiger partial charge in [0, 0.05) is 22.1 Å². The molecule has 0 radical (unpaired) electrons. The molecule has 4 aromatic rings. The Morgan fingerprint density at radius 3 is 2.55 bits per heavy atom. The van der Waals surface area contributed by atoms with Gasteiger partial charge in [-0.05, 0) is 74.2 Å². The number of carbonyl (C=O) groups is 2. The van der Waals surface area contributed by atoms with Crippen LogP contribution in [0.15, 0.2) is 48.5 Å². The van der Waals surface area contributed by atoms with E-state index >= 15 is 0 Å². The fourth-order valence-corrected chi connectivity index (χ4v) is 5.47. The average Bonchev–Trinajstić information content (AvgIpc) is 3.82. The SMILES string of the molecule is COc1cc(C(=O)NC[C@](O)(c2cc3c(c(-c4ccc(F)cc4)n2)OC[C@]3(C)C(N)=O)C2CC2)cc2cc(C(F)F)nnc12. The van der Waals surface area contributed by atoms with E-state index < -0.39 is 40.8 Å². The van der Waals surface area contributed by atoms with Gasteiger partial charge in [-0.25, -0.2) is 18.2 Å². The minimum atomic E-state index is -2.86. The number of aromatic nitrogens is 3. The van der Waals surface area contributed by atoms with E-state index in [0.717, 1.165) is 6.07 Å². The molecule has 6 rings (SSSR count). The van der Waals surface area contributed by atoms with Crippen LogP contribution in [0.4, 0.5) is 13.2 Å². The van der Waals surface area contributed by atoms with Crippen molar-refractivity contribution in [3.63, 3.8) is 0 Å². The highest BCUT2D eigenvalue weighted by Gasteiger charge is 2.50. The topological polar surface area (TPSA) is 150 Å². The number of ether oxygens (including phenoxy) is 2. The predicted octanol–water partition coefficient (Wildman–Crippen LogP) is 3.94. The van der Waals surface area contributed by atoms with Gasteiger partial charge in [0.05, 0.1) is 19.3 Å². The largest absolute Gasteiger partial charge is 0.494 e. The second-order valence-electron chi connectivity index (χ2n) is 11.3. The molecule has 1 fully saturated rings. The van der Waals surface area contributed by atoms with Crippen molar-refractivity contribution in [2.75, 3.05) is 20.3 Å². The van der Waals surface area contributed by atoms with Crippen molar-refractivity contribution >= 4 is 22.7 Å². The monoisotopic (exact) mass is 607 g/mol. The first-order chi connectivity index (χ1) is 20.9. The van der Waals surface area contributed by atoms with Gasteiger partial charge in [0.1, 0.15) is 51.8 Å². The molecule has 2 atom stereocenters. The molecule has 2 aliphatic rings. The van der Waals surface area contributed by atoms with Crippen molar-refractivity contribution in [1.29, 1.82) is 0 Å². The molecule has 13 heteroatoms. The summed E-state index contributed by atoms with van der Waals surface area (Å²) in [6, 6.07) is 11.1. The zero-order chi connectivity index (χ0) is 31.4. The van der Waals surface area contributed by atoms with Crippen LogP contribution >= 0.6 is 0 Å². The summed E-state index contributed by atoms with van der Waals surface area (Å²) in [5.74, 6) is -1.50. The number of nitrogens with one attached hydrogen (secondary N) is 1. The number of benzene rings is 2. The number of halogens is 3. The molecule has 2 amide bonds. The molecule has 0 spiro atoms. The Morgan fingerprint density at radius 2 is 1.91 bits per heavy atom. The molecule has 10 nitrogen and oxygen atoms in total. The van der Waals surface area contributed by atoms with Crippen LogP contribution < -0.4 is 20.5 Å². The lowest BCUT2D eigenvalue weighted by Crippen LogP contribution is -2.44. The van der Waals surface area contributed by atoms with Crippen LogP contribution in [0.3, 0.4) is 0 Å². The van der Waals surface area contributed by atoms with E-state index in [4.69, 9.17) is 20.2 Å². The molecule has 2 aromatic carbocycles. The molecule has 2 aromatic heterocycles. The average molecular weight is 608 g/mol. The summed E-state index contributed by atoms with van der Waals surface area (Å²) in [4.78, 5) is 30.7. The highest BCUT2D eigenvalue weighted by molar-refractivity contribution is 6.00. The van der Waals surface area contributed by atoms with Gasteiger partial charge in [-0.15, -0.1) is 10.2 Å². The second-order valence-corrected chi connectivity index (χ2v) is 11.3. The van der Waals surface area contributed by atoms with Gasteiger partial charge in [0.2, 0.25) is 5.91 Å². The quantitative estimate of drug-likeness (QED) is 0.259. The van der Waals surface area contributed by atoms with Crippen molar-refractivity contribution in [2.45, 2.75) is 37.2 Å². The van der Waals surface area contributed by atoms with Crippen molar-refractivity contribution < 1.29 is 37.3 Å². The normalized spacial score (nSPS) is 18.9. The highest BCUT2D eigenvalue weighted by Crippen LogP contribution is 2.50. The minimum Gasteiger partial charge on any atom is -0.494 e. The Morgan fingerprint density at radius 1 is 1.18 bits per heavy atom. The number of alkyl halides is 2. The number of carbonyl (C=O) groups excluding carboxylic acids is 2. The zero-order valence-electron chi connectivity index (χ0n) is 23.7. The summed E-state index contributed by atoms with van der Waals surface area (Å²) in [6.45, 7) is 1.32. The van der Waals surface area contributed by atoms with Crippen LogP contribution in [0.5, 0.6) is 11.5 Å². The van der Waals surface area contributed by atoms with Gasteiger partial charge >= 0.3 is 0 Å². The number of nitrogens with zero attached hydrogens (tertiary/aromatic N) is 3. The molecule has 3 heterocycles. The van der Waals surface area contributed by atoms with E-state index in [0.29, 0.717) is 35.4 Å². The third-order valence-electron chi connectivity index (χ3n) is 8.33. The van der Waals surface area contributed by atoms with Crippen LogP contribution in [0.25, 0.3) is 22.2 Å². The second kappa shape index (κ2) is 10.7. The number of hydrogen-bond acceptors (Lipinski definition) is 8. The third kappa shape index (κ3) is 4.96. The molecule has 1 saturated carbocycles. The minimum absolute atomic E-state index is 0.0446. The number of fused-ring (bicyclic) bond motifs is 2. The van der Waals surface area contributed by atoms with Crippen molar-refractivity contribution in [3.05, 3.63) is 76.9 Å². The Labute approximate surface area is 249 Å². The number of aliphatic hydroxyl groups is 1. The lowest BCUT2D eigenvalue weighted by Gasteiger charge is -2.30. The molecule has 228 valence electrons. The standard InChI is InChI=1S/C31H28F3N5O5/c1-30(29(35)41)14-44-26-20(30)12-23(37-25(26)15-3-7-19(32)8-4-15)31(42,18-5-6-18)13-36-28(40)17-9-16-10-21(27(33)34)38-39-24(16)22(11-17)43-2/h3-4,7-12,18,27,42H,5-6,13-14H2,1-2H3,(H2,35,41)(H,36,40)/t30-,31+/m0/s1. The van der Waals surface area contributed by atoms with Gasteiger partial charge in [-0.1, -0.05) is 0 Å². The number of primary amides is 1. The summed E-state index contributed by atoms with van der Waals surface area (Å²) >= 11 is 0. The van der Waals surface area contributed by atoms with Crippen LogP contribution in [-0.2, 0) is 15.8 Å². The number of methoxy groups -OCH3 is 1. The van der Waals surface area contributed by atoms with Crippen molar-refractivity contribution in [1.82, 2.24) is 20.5 Å². The summed E-state index contributed by atoms with van der Waals surface area (Å²) in [6.07, 6.45) is -1.55. The van der Waals surface area contributed by atoms with Gasteiger partial charge in [-0.3, -0.25) is 9.59 Å². The van der Waals surface area contributed by atoms with Crippen LogP contribution in [-0.4, -0.2) is 52.4 Å². The molecule has 4 N–H and O–H groups in total. The maximum Gasteiger partial charge on any atom is 0.282 e. The number of rotatable bonds is 9. The van der Waals surface area contributed by atoms with E-state index in [1.165, 1.54) is 43.5 Å². The molecular formula is C31H28F3N5O5. The first kappa shape index (κ1) is 29.3. The molecule has 0 saturated heterocycles. The molecule has 0 unspecified atom stereocenters. The van der Waals surface area contributed by atoms with E-state index in [9.17, 15) is 27.9 Å². The molecule has 44 heavy (non-hydrogen) atoms. The smallest absolute Gasteiger partial charge is 0.282 e. The summed E-state index contributed by atoms with van der Waals surface area (Å²) < 4.78 is 51.5. The number of nitrogens with two attached hydrogens (primary N) is 1. The fourth-order valence-electron chi connectivity index (χ4n) is 5.47. The lowest BCUT2D eigenvalue weighted by atomic mass is 9.81. The van der Waals surface area contributed by atoms with E-state index in [2.05, 4.69) is 15.5 Å². The Kier molecular flexibility index (Phi) is 7.15. The number of hydrogen-bond donors (Lipinski definition) is 3. The first-order valence-electron chi connectivity index (χ1n) is 13.8. The zero-order valence-corrected chi connectivity index (χ0v) is 23.7. The van der Waals surface area contributed by atoms with Crippen LogP contribution in [0.1, 0.15) is 53.5 Å². The number of pyridine rings is 1. The van der Waals surface area contributed by atoms with Gasteiger partial charge < -0.3 is 25.6 Å². The van der Waals surface area contributed by atoms with Gasteiger partial charge in [-0.2, -0.15) is 0 Å². The first-order valence-corrected chi connectivity index (χ1v) is 13.8. The maximum atomic E-state index is 13.8. The molecule has 1 aliphatic carbocycles. The molecule has 1 aliphatic heterocycles. The lowest BCUT2D eigenvalue weighted by molar-refractivity contribution is -0.123. The Balaban J connectivity index is 1.38. The third-order valence-corrected chi connectivity index (χ3v) is 8.33. The molecule has 0 bridgehead atoms. The van der Waals surface area contributed by atoms with Gasteiger partial charge in [0.15, 0.2) is 0 Å². The van der Waals surface area contributed by atoms with Gasteiger partial charge in [0.25, 0.3) is 12.3 Å². The Hall–Kier alpha value is -4.78. The highest BCUT2D eigenvalue weighted by atomic mass is 19.3. The van der Waals surface area contributed by atoms with E-state index in [1.807, 2.05) is 0 Å². The van der Waals surface area contributed by atoms with Crippen LogP contribution in [0, 0.1) is 11.7 Å². The Bertz CT molecular complexity index is 1800.